The van der Waals surface area contributed by atoms with E-state index in [-0.39, 0.29) is 6.04 Å². The molecule has 0 saturated heterocycles. The molecule has 1 aliphatic heterocycles. The van der Waals surface area contributed by atoms with Crippen LogP contribution in [0, 0.1) is 0 Å². The van der Waals surface area contributed by atoms with E-state index in [2.05, 4.69) is 63.3 Å². The normalized spacial score (nSPS) is 18.8. The summed E-state index contributed by atoms with van der Waals surface area (Å²) < 4.78 is 2.03. The van der Waals surface area contributed by atoms with Gasteiger partial charge < -0.3 is 10.3 Å². The molecule has 1 aromatic carbocycles. The minimum Gasteiger partial charge on any atom is -0.382 e. The van der Waals surface area contributed by atoms with Crippen molar-refractivity contribution in [2.24, 2.45) is 4.99 Å². The number of hydrogen-bond donors (Lipinski definition) is 2. The van der Waals surface area contributed by atoms with Crippen molar-refractivity contribution in [1.29, 1.82) is 0 Å². The molecule has 4 aromatic rings. The monoisotopic (exact) mass is 400 g/mol. The van der Waals surface area contributed by atoms with Crippen LogP contribution < -0.4 is 5.73 Å². The van der Waals surface area contributed by atoms with Crippen LogP contribution in [0.4, 0.5) is 5.82 Å². The number of fused-ring (bicyclic) bond motifs is 2. The van der Waals surface area contributed by atoms with Crippen LogP contribution in [0.3, 0.4) is 0 Å². The zero-order valence-corrected chi connectivity index (χ0v) is 17.1. The largest absolute Gasteiger partial charge is 0.382 e. The summed E-state index contributed by atoms with van der Waals surface area (Å²) in [5.74, 6) is 1.11. The number of aromatic nitrogens is 6. The van der Waals surface area contributed by atoms with E-state index in [1.807, 2.05) is 23.1 Å². The lowest BCUT2D eigenvalue weighted by atomic mass is 9.79. The van der Waals surface area contributed by atoms with E-state index < -0.39 is 5.41 Å². The SMILES string of the molecule is CC(C)n1cnc2c(N)nc(C3(CCc4ccc5[nH]ncc5c4)C=CC=NC3)nc21. The minimum atomic E-state index is -0.408. The molecule has 4 heterocycles. The Hall–Kier alpha value is -3.55. The molecule has 3 N–H and O–H groups in total. The number of hydrogen-bond acceptors (Lipinski definition) is 6. The summed E-state index contributed by atoms with van der Waals surface area (Å²) in [6, 6.07) is 6.61. The van der Waals surface area contributed by atoms with Crippen LogP contribution in [0.25, 0.3) is 22.1 Å². The molecule has 1 unspecified atom stereocenters. The molecule has 3 aromatic heterocycles. The topological polar surface area (TPSA) is 111 Å². The van der Waals surface area contributed by atoms with E-state index >= 15 is 0 Å². The number of nitrogens with one attached hydrogen (secondary N) is 1. The maximum Gasteiger partial charge on any atom is 0.166 e. The second kappa shape index (κ2) is 7.05. The van der Waals surface area contributed by atoms with E-state index in [9.17, 15) is 0 Å². The zero-order valence-electron chi connectivity index (χ0n) is 17.1. The van der Waals surface area contributed by atoms with Gasteiger partial charge in [0.2, 0.25) is 0 Å². The minimum absolute atomic E-state index is 0.231. The van der Waals surface area contributed by atoms with Gasteiger partial charge in [-0.1, -0.05) is 12.1 Å². The van der Waals surface area contributed by atoms with E-state index in [1.165, 1.54) is 5.56 Å². The van der Waals surface area contributed by atoms with Crippen LogP contribution in [0.1, 0.15) is 37.7 Å². The molecule has 0 bridgehead atoms. The zero-order chi connectivity index (χ0) is 20.7. The molecule has 0 amide bonds. The van der Waals surface area contributed by atoms with Crippen molar-refractivity contribution in [3.8, 4) is 0 Å². The van der Waals surface area contributed by atoms with Gasteiger partial charge in [-0.05, 0) is 50.5 Å². The van der Waals surface area contributed by atoms with E-state index in [0.717, 1.165) is 29.4 Å². The Morgan fingerprint density at radius 3 is 2.97 bits per heavy atom. The molecule has 8 heteroatoms. The number of nitrogen functional groups attached to an aromatic ring is 1. The van der Waals surface area contributed by atoms with Gasteiger partial charge in [-0.15, -0.1) is 0 Å². The van der Waals surface area contributed by atoms with Crippen molar-refractivity contribution in [2.75, 3.05) is 12.3 Å². The second-order valence-corrected chi connectivity index (χ2v) is 8.15. The number of aryl methyl sites for hydroxylation is 1. The lowest BCUT2D eigenvalue weighted by Gasteiger charge is -2.29. The van der Waals surface area contributed by atoms with Crippen molar-refractivity contribution in [1.82, 2.24) is 29.7 Å². The van der Waals surface area contributed by atoms with E-state index in [0.29, 0.717) is 23.7 Å². The number of dihydropyridines is 1. The highest BCUT2D eigenvalue weighted by Gasteiger charge is 2.34. The molecule has 152 valence electrons. The number of nitrogens with two attached hydrogens (primary N) is 1. The number of aliphatic imine (C=N–C) groups is 1. The van der Waals surface area contributed by atoms with Crippen molar-refractivity contribution in [2.45, 2.75) is 38.1 Å². The summed E-state index contributed by atoms with van der Waals surface area (Å²) in [5.41, 5.74) is 9.59. The first-order valence-corrected chi connectivity index (χ1v) is 10.2. The average molecular weight is 400 g/mol. The molecule has 0 saturated carbocycles. The highest BCUT2D eigenvalue weighted by Crippen LogP contribution is 2.33. The molecule has 0 aliphatic carbocycles. The number of aromatic amines is 1. The van der Waals surface area contributed by atoms with Gasteiger partial charge in [-0.2, -0.15) is 5.10 Å². The first-order valence-electron chi connectivity index (χ1n) is 10.2. The summed E-state index contributed by atoms with van der Waals surface area (Å²) in [6.07, 6.45) is 11.3. The number of allylic oxidation sites excluding steroid dienone is 1. The fourth-order valence-electron chi connectivity index (χ4n) is 4.03. The quantitative estimate of drug-likeness (QED) is 0.533. The number of imidazole rings is 1. The first-order chi connectivity index (χ1) is 14.6. The van der Waals surface area contributed by atoms with Gasteiger partial charge in [0.15, 0.2) is 11.5 Å². The van der Waals surface area contributed by atoms with Crippen LogP contribution in [-0.2, 0) is 11.8 Å². The molecule has 1 aliphatic rings. The molecule has 0 radical (unpaired) electrons. The molecule has 5 rings (SSSR count). The van der Waals surface area contributed by atoms with E-state index in [4.69, 9.17) is 10.7 Å². The Balaban J connectivity index is 1.54. The Kier molecular flexibility index (Phi) is 4.34. The van der Waals surface area contributed by atoms with Gasteiger partial charge in [0.25, 0.3) is 0 Å². The predicted molar refractivity (Wildman–Crippen MR) is 119 cm³/mol. The molecular weight excluding hydrogens is 376 g/mol. The van der Waals surface area contributed by atoms with Gasteiger partial charge >= 0.3 is 0 Å². The van der Waals surface area contributed by atoms with E-state index in [1.54, 1.807) is 6.33 Å². The molecular formula is C22H24N8. The Labute approximate surface area is 174 Å². The number of anilines is 1. The average Bonchev–Trinajstić information content (AvgIpc) is 3.39. The second-order valence-electron chi connectivity index (χ2n) is 8.15. The summed E-state index contributed by atoms with van der Waals surface area (Å²) in [5, 5.41) is 8.22. The van der Waals surface area contributed by atoms with Crippen molar-refractivity contribution < 1.29 is 0 Å². The fourth-order valence-corrected chi connectivity index (χ4v) is 4.03. The lowest BCUT2D eigenvalue weighted by molar-refractivity contribution is 0.471. The number of rotatable bonds is 5. The Bertz CT molecular complexity index is 1280. The van der Waals surface area contributed by atoms with Gasteiger partial charge in [0, 0.05) is 17.6 Å². The van der Waals surface area contributed by atoms with Crippen LogP contribution in [0.5, 0.6) is 0 Å². The number of H-pyrrole nitrogens is 1. The van der Waals surface area contributed by atoms with Crippen molar-refractivity contribution >= 4 is 34.1 Å². The molecule has 0 spiro atoms. The van der Waals surface area contributed by atoms with Gasteiger partial charge in [0.1, 0.15) is 11.3 Å². The third kappa shape index (κ3) is 3.04. The smallest absolute Gasteiger partial charge is 0.166 e. The lowest BCUT2D eigenvalue weighted by Crippen LogP contribution is -2.33. The highest BCUT2D eigenvalue weighted by molar-refractivity contribution is 5.82. The summed E-state index contributed by atoms with van der Waals surface area (Å²) in [7, 11) is 0. The number of nitrogens with zero attached hydrogens (tertiary/aromatic N) is 6. The third-order valence-corrected chi connectivity index (χ3v) is 5.79. The highest BCUT2D eigenvalue weighted by atomic mass is 15.2. The van der Waals surface area contributed by atoms with Crippen LogP contribution in [0.15, 0.2) is 47.9 Å². The van der Waals surface area contributed by atoms with Crippen molar-refractivity contribution in [3.05, 3.63) is 54.3 Å². The summed E-state index contributed by atoms with van der Waals surface area (Å²) in [4.78, 5) is 18.6. The standard InChI is InChI=1S/C22H24N8/c1-14(2)30-13-25-18-19(23)27-21(28-20(18)30)22(7-3-9-24-12-22)8-6-15-4-5-17-16(10-15)11-26-29-17/h3-5,7,9-11,13-14H,6,8,12H2,1-2H3,(H,26,29)(H2,23,27,28). The fraction of sp³-hybridized carbons (Fsp3) is 0.318. The summed E-state index contributed by atoms with van der Waals surface area (Å²) >= 11 is 0. The van der Waals surface area contributed by atoms with Gasteiger partial charge in [-0.3, -0.25) is 10.1 Å². The van der Waals surface area contributed by atoms with Gasteiger partial charge in [0.05, 0.1) is 30.0 Å². The molecule has 1 atom stereocenters. The molecule has 8 nitrogen and oxygen atoms in total. The van der Waals surface area contributed by atoms with Crippen LogP contribution in [0.2, 0.25) is 0 Å². The first kappa shape index (κ1) is 18.5. The van der Waals surface area contributed by atoms with Gasteiger partial charge in [-0.25, -0.2) is 15.0 Å². The number of benzene rings is 1. The molecule has 0 fully saturated rings. The molecule has 30 heavy (non-hydrogen) atoms. The summed E-state index contributed by atoms with van der Waals surface area (Å²) in [6.45, 7) is 4.80. The Morgan fingerprint density at radius 1 is 1.27 bits per heavy atom. The Morgan fingerprint density at radius 2 is 2.17 bits per heavy atom. The maximum atomic E-state index is 6.29. The van der Waals surface area contributed by atoms with Crippen LogP contribution >= 0.6 is 0 Å². The van der Waals surface area contributed by atoms with Crippen LogP contribution in [-0.4, -0.2) is 42.5 Å². The van der Waals surface area contributed by atoms with Crippen molar-refractivity contribution in [3.63, 3.8) is 0 Å². The third-order valence-electron chi connectivity index (χ3n) is 5.79. The predicted octanol–water partition coefficient (Wildman–Crippen LogP) is 3.38. The maximum absolute atomic E-state index is 6.29.